The molecule has 0 saturated heterocycles. The molecule has 2 amide bonds. The van der Waals surface area contributed by atoms with Gasteiger partial charge >= 0.3 is 6.09 Å². The highest BCUT2D eigenvalue weighted by Crippen LogP contribution is 2.19. The first-order chi connectivity index (χ1) is 10.4. The fraction of sp³-hybridized carbons (Fsp3) is 0.429. The predicted octanol–water partition coefficient (Wildman–Crippen LogP) is 1.71. The van der Waals surface area contributed by atoms with Crippen molar-refractivity contribution in [2.24, 2.45) is 0 Å². The second-order valence-electron chi connectivity index (χ2n) is 5.02. The highest BCUT2D eigenvalue weighted by Gasteiger charge is 2.15. The third-order valence-corrected chi connectivity index (χ3v) is 3.05. The quantitative estimate of drug-likeness (QED) is 0.841. The molecule has 0 fully saturated rings. The first kappa shape index (κ1) is 15.7. The van der Waals surface area contributed by atoms with E-state index in [0.29, 0.717) is 11.3 Å². The van der Waals surface area contributed by atoms with Crippen LogP contribution in [0.25, 0.3) is 11.0 Å². The van der Waals surface area contributed by atoms with E-state index >= 15 is 0 Å². The fourth-order valence-electron chi connectivity index (χ4n) is 2.02. The first-order valence-corrected chi connectivity index (χ1v) is 7.02. The number of hydrogen-bond acceptors (Lipinski definition) is 5. The molecule has 0 aliphatic heterocycles. The molecule has 0 bridgehead atoms. The summed E-state index contributed by atoms with van der Waals surface area (Å²) in [6.07, 6.45) is 0.951. The molecule has 0 aromatic carbocycles. The van der Waals surface area contributed by atoms with Gasteiger partial charge < -0.3 is 4.74 Å². The molecule has 2 N–H and O–H groups in total. The molecule has 0 aliphatic carbocycles. The number of nitrogens with zero attached hydrogens (tertiary/aromatic N) is 3. The van der Waals surface area contributed by atoms with Crippen molar-refractivity contribution in [2.75, 3.05) is 6.61 Å². The van der Waals surface area contributed by atoms with Gasteiger partial charge in [0.25, 0.3) is 5.91 Å². The third-order valence-electron chi connectivity index (χ3n) is 3.05. The molecular formula is C14H19N5O3. The topological polar surface area (TPSA) is 98.1 Å². The Labute approximate surface area is 127 Å². The van der Waals surface area contributed by atoms with Crippen molar-refractivity contribution in [1.82, 2.24) is 25.6 Å². The number of amides is 2. The molecule has 2 aromatic rings. The molecule has 2 heterocycles. The fourth-order valence-corrected chi connectivity index (χ4v) is 2.02. The number of pyridine rings is 1. The first-order valence-electron chi connectivity index (χ1n) is 7.02. The van der Waals surface area contributed by atoms with Gasteiger partial charge in [0.15, 0.2) is 5.65 Å². The van der Waals surface area contributed by atoms with Crippen LogP contribution in [0.1, 0.15) is 42.9 Å². The summed E-state index contributed by atoms with van der Waals surface area (Å²) >= 11 is 0. The number of rotatable bonds is 3. The summed E-state index contributed by atoms with van der Waals surface area (Å²) in [5.74, 6) is -0.461. The minimum atomic E-state index is -0.713. The van der Waals surface area contributed by atoms with E-state index in [2.05, 4.69) is 25.7 Å². The Morgan fingerprint density at radius 3 is 2.73 bits per heavy atom. The van der Waals surface area contributed by atoms with Gasteiger partial charge in [0.05, 0.1) is 24.1 Å². The number of ether oxygens (including phenoxy) is 1. The predicted molar refractivity (Wildman–Crippen MR) is 80.3 cm³/mol. The van der Waals surface area contributed by atoms with E-state index in [1.165, 1.54) is 0 Å². The molecule has 22 heavy (non-hydrogen) atoms. The molecule has 2 rings (SSSR count). The Hall–Kier alpha value is -2.64. The summed E-state index contributed by atoms with van der Waals surface area (Å²) < 4.78 is 6.46. The van der Waals surface area contributed by atoms with Crippen molar-refractivity contribution < 1.29 is 14.3 Å². The van der Waals surface area contributed by atoms with Crippen molar-refractivity contribution in [3.05, 3.63) is 23.5 Å². The minimum absolute atomic E-state index is 0.176. The van der Waals surface area contributed by atoms with Crippen LogP contribution < -0.4 is 10.9 Å². The number of carbonyl (C=O) groups is 2. The number of nitrogens with one attached hydrogen (secondary N) is 2. The summed E-state index contributed by atoms with van der Waals surface area (Å²) in [6, 6.07) is 1.88. The average Bonchev–Trinajstić information content (AvgIpc) is 2.87. The number of carbonyl (C=O) groups excluding carboxylic acids is 2. The molecule has 2 aromatic heterocycles. The maximum Gasteiger partial charge on any atom is 0.426 e. The van der Waals surface area contributed by atoms with E-state index in [1.54, 1.807) is 30.8 Å². The zero-order valence-electron chi connectivity index (χ0n) is 13.0. The van der Waals surface area contributed by atoms with Crippen LogP contribution in [0.3, 0.4) is 0 Å². The van der Waals surface area contributed by atoms with Crippen LogP contribution in [0.4, 0.5) is 4.79 Å². The minimum Gasteiger partial charge on any atom is -0.449 e. The molecule has 0 radical (unpaired) electrons. The van der Waals surface area contributed by atoms with Gasteiger partial charge in [-0.2, -0.15) is 5.10 Å². The number of aryl methyl sites for hydroxylation is 1. The Bertz CT molecular complexity index is 708. The molecule has 8 nitrogen and oxygen atoms in total. The molecular weight excluding hydrogens is 286 g/mol. The second-order valence-corrected chi connectivity index (χ2v) is 5.02. The van der Waals surface area contributed by atoms with Gasteiger partial charge in [0.2, 0.25) is 0 Å². The Kier molecular flexibility index (Phi) is 4.59. The summed E-state index contributed by atoms with van der Waals surface area (Å²) in [7, 11) is 0. The average molecular weight is 305 g/mol. The monoisotopic (exact) mass is 305 g/mol. The van der Waals surface area contributed by atoms with E-state index < -0.39 is 12.0 Å². The van der Waals surface area contributed by atoms with E-state index in [0.717, 1.165) is 11.0 Å². The summed E-state index contributed by atoms with van der Waals surface area (Å²) in [5, 5.41) is 5.03. The molecule has 0 atom stereocenters. The largest absolute Gasteiger partial charge is 0.449 e. The summed E-state index contributed by atoms with van der Waals surface area (Å²) in [5.41, 5.74) is 6.11. The lowest BCUT2D eigenvalue weighted by Crippen LogP contribution is -2.42. The maximum absolute atomic E-state index is 12.1. The summed E-state index contributed by atoms with van der Waals surface area (Å²) in [4.78, 5) is 27.7. The summed E-state index contributed by atoms with van der Waals surface area (Å²) in [6.45, 7) is 7.65. The van der Waals surface area contributed by atoms with Crippen LogP contribution in [0.5, 0.6) is 0 Å². The highest BCUT2D eigenvalue weighted by atomic mass is 16.5. The number of hydrogen-bond donors (Lipinski definition) is 2. The van der Waals surface area contributed by atoms with Crippen molar-refractivity contribution in [1.29, 1.82) is 0 Å². The van der Waals surface area contributed by atoms with Crippen LogP contribution in [0.15, 0.2) is 12.3 Å². The molecule has 118 valence electrons. The lowest BCUT2D eigenvalue weighted by Gasteiger charge is -2.10. The van der Waals surface area contributed by atoms with Gasteiger partial charge in [0, 0.05) is 11.4 Å². The van der Waals surface area contributed by atoms with E-state index in [1.807, 2.05) is 13.8 Å². The Morgan fingerprint density at radius 2 is 2.09 bits per heavy atom. The Morgan fingerprint density at radius 1 is 1.36 bits per heavy atom. The van der Waals surface area contributed by atoms with E-state index in [4.69, 9.17) is 0 Å². The van der Waals surface area contributed by atoms with Crippen LogP contribution in [0.2, 0.25) is 0 Å². The van der Waals surface area contributed by atoms with Gasteiger partial charge in [-0.15, -0.1) is 0 Å². The van der Waals surface area contributed by atoms with Crippen LogP contribution >= 0.6 is 0 Å². The zero-order valence-corrected chi connectivity index (χ0v) is 13.0. The van der Waals surface area contributed by atoms with Gasteiger partial charge in [0.1, 0.15) is 0 Å². The smallest absolute Gasteiger partial charge is 0.426 e. The molecule has 0 saturated carbocycles. The zero-order chi connectivity index (χ0) is 16.3. The van der Waals surface area contributed by atoms with Gasteiger partial charge in [-0.1, -0.05) is 0 Å². The maximum atomic E-state index is 12.1. The lowest BCUT2D eigenvalue weighted by atomic mass is 10.1. The van der Waals surface area contributed by atoms with Gasteiger partial charge in [-0.3, -0.25) is 10.2 Å². The van der Waals surface area contributed by atoms with Gasteiger partial charge in [-0.25, -0.2) is 19.9 Å². The Balaban J connectivity index is 2.23. The van der Waals surface area contributed by atoms with Crippen LogP contribution in [0, 0.1) is 6.92 Å². The van der Waals surface area contributed by atoms with Crippen molar-refractivity contribution in [3.63, 3.8) is 0 Å². The molecule has 0 spiro atoms. The molecule has 0 aliphatic rings. The van der Waals surface area contributed by atoms with Crippen molar-refractivity contribution >= 4 is 23.0 Å². The number of fused-ring (bicyclic) bond motifs is 1. The molecule has 8 heteroatoms. The van der Waals surface area contributed by atoms with Crippen molar-refractivity contribution in [3.8, 4) is 0 Å². The lowest BCUT2D eigenvalue weighted by molar-refractivity contribution is 0.0912. The van der Waals surface area contributed by atoms with Crippen molar-refractivity contribution in [2.45, 2.75) is 33.7 Å². The third kappa shape index (κ3) is 3.16. The van der Waals surface area contributed by atoms with Crippen LogP contribution in [-0.2, 0) is 4.74 Å². The highest BCUT2D eigenvalue weighted by molar-refractivity contribution is 5.98. The SMILES string of the molecule is CCOC(=O)NNC(=O)c1cc2cnn(C(C)C)c2nc1C. The van der Waals surface area contributed by atoms with Gasteiger partial charge in [-0.05, 0) is 33.8 Å². The number of aromatic nitrogens is 3. The molecule has 0 unspecified atom stereocenters. The van der Waals surface area contributed by atoms with Crippen LogP contribution in [-0.4, -0.2) is 33.4 Å². The standard InChI is InChI=1S/C14H19N5O3/c1-5-22-14(21)18-17-13(20)11-6-10-7-15-19(8(2)3)12(10)16-9(11)4/h6-8H,5H2,1-4H3,(H,17,20)(H,18,21). The second kappa shape index (κ2) is 6.42. The normalized spacial score (nSPS) is 10.8. The van der Waals surface area contributed by atoms with E-state index in [-0.39, 0.29) is 12.6 Å². The number of hydrazine groups is 1. The van der Waals surface area contributed by atoms with E-state index in [9.17, 15) is 9.59 Å².